The van der Waals surface area contributed by atoms with Crippen molar-refractivity contribution in [3.63, 3.8) is 0 Å². The first-order valence-corrected chi connectivity index (χ1v) is 9.41. The lowest BCUT2D eigenvalue weighted by Gasteiger charge is -2.18. The molecule has 0 bridgehead atoms. The molecule has 7 heteroatoms. The molecule has 2 aromatic rings. The Kier molecular flexibility index (Phi) is 5.91. The van der Waals surface area contributed by atoms with Crippen LogP contribution in [-0.2, 0) is 24.3 Å². The minimum Gasteiger partial charge on any atom is -0.383 e. The van der Waals surface area contributed by atoms with Crippen LogP contribution >= 0.6 is 0 Å². The molecule has 1 amide bonds. The first-order valence-electron chi connectivity index (χ1n) is 9.41. The summed E-state index contributed by atoms with van der Waals surface area (Å²) < 4.78 is 0. The van der Waals surface area contributed by atoms with E-state index in [0.717, 1.165) is 37.1 Å². The lowest BCUT2D eigenvalue weighted by Crippen LogP contribution is -2.27. The summed E-state index contributed by atoms with van der Waals surface area (Å²) >= 11 is 0. The molecule has 1 aromatic heterocycles. The molecule has 3 N–H and O–H groups in total. The molecular weight excluding hydrogens is 340 g/mol. The SMILES string of the molecule is CCCCNc1nc(N)c2c(n1)N(Cc1ccc(CN(C)C)cc1)C(=O)C2. The van der Waals surface area contributed by atoms with Crippen LogP contribution in [0.5, 0.6) is 0 Å². The number of unbranched alkanes of at least 4 members (excludes halogenated alkanes) is 1. The number of aromatic nitrogens is 2. The van der Waals surface area contributed by atoms with E-state index in [9.17, 15) is 4.79 Å². The van der Waals surface area contributed by atoms with Gasteiger partial charge in [-0.15, -0.1) is 0 Å². The molecule has 0 radical (unpaired) electrons. The van der Waals surface area contributed by atoms with Crippen LogP contribution in [0, 0.1) is 0 Å². The number of nitrogen functional groups attached to an aromatic ring is 1. The lowest BCUT2D eigenvalue weighted by atomic mass is 10.1. The highest BCUT2D eigenvalue weighted by atomic mass is 16.2. The van der Waals surface area contributed by atoms with Gasteiger partial charge in [-0.25, -0.2) is 0 Å². The number of rotatable bonds is 8. The third kappa shape index (κ3) is 4.54. The third-order valence-corrected chi connectivity index (χ3v) is 4.58. The number of anilines is 3. The number of fused-ring (bicyclic) bond motifs is 1. The molecule has 2 heterocycles. The second kappa shape index (κ2) is 8.35. The van der Waals surface area contributed by atoms with Crippen molar-refractivity contribution in [1.82, 2.24) is 14.9 Å². The van der Waals surface area contributed by atoms with E-state index in [-0.39, 0.29) is 12.3 Å². The monoisotopic (exact) mass is 368 g/mol. The zero-order chi connectivity index (χ0) is 19.4. The topological polar surface area (TPSA) is 87.4 Å². The number of hydrogen-bond acceptors (Lipinski definition) is 6. The maximum Gasteiger partial charge on any atom is 0.233 e. The molecule has 144 valence electrons. The van der Waals surface area contributed by atoms with E-state index in [2.05, 4.69) is 51.4 Å². The summed E-state index contributed by atoms with van der Waals surface area (Å²) in [6.45, 7) is 4.29. The molecule has 1 aromatic carbocycles. The van der Waals surface area contributed by atoms with E-state index in [1.807, 2.05) is 14.1 Å². The van der Waals surface area contributed by atoms with Crippen molar-refractivity contribution in [3.05, 3.63) is 41.0 Å². The van der Waals surface area contributed by atoms with Gasteiger partial charge in [0.25, 0.3) is 0 Å². The Bertz CT molecular complexity index is 803. The van der Waals surface area contributed by atoms with Gasteiger partial charge in [0.05, 0.1) is 13.0 Å². The number of amides is 1. The van der Waals surface area contributed by atoms with Gasteiger partial charge in [0.1, 0.15) is 11.6 Å². The van der Waals surface area contributed by atoms with Gasteiger partial charge in [0.15, 0.2) is 0 Å². The Morgan fingerprint density at radius 2 is 1.89 bits per heavy atom. The molecule has 0 spiro atoms. The van der Waals surface area contributed by atoms with Gasteiger partial charge >= 0.3 is 0 Å². The van der Waals surface area contributed by atoms with E-state index in [1.54, 1.807) is 4.90 Å². The van der Waals surface area contributed by atoms with Gasteiger partial charge in [-0.3, -0.25) is 9.69 Å². The Morgan fingerprint density at radius 1 is 1.19 bits per heavy atom. The number of nitrogens with zero attached hydrogens (tertiary/aromatic N) is 4. The highest BCUT2D eigenvalue weighted by Crippen LogP contribution is 2.32. The van der Waals surface area contributed by atoms with Crippen molar-refractivity contribution in [3.8, 4) is 0 Å². The molecule has 7 nitrogen and oxygen atoms in total. The fraction of sp³-hybridized carbons (Fsp3) is 0.450. The van der Waals surface area contributed by atoms with Crippen molar-refractivity contribution in [2.24, 2.45) is 0 Å². The van der Waals surface area contributed by atoms with Crippen LogP contribution in [0.25, 0.3) is 0 Å². The molecule has 0 saturated carbocycles. The fourth-order valence-electron chi connectivity index (χ4n) is 3.16. The van der Waals surface area contributed by atoms with Crippen LogP contribution in [0.1, 0.15) is 36.5 Å². The highest BCUT2D eigenvalue weighted by molar-refractivity contribution is 6.01. The Hall–Kier alpha value is -2.67. The summed E-state index contributed by atoms with van der Waals surface area (Å²) in [5.74, 6) is 1.51. The van der Waals surface area contributed by atoms with Crippen LogP contribution < -0.4 is 16.0 Å². The number of carbonyl (C=O) groups excluding carboxylic acids is 1. The summed E-state index contributed by atoms with van der Waals surface area (Å²) in [5, 5.41) is 3.20. The lowest BCUT2D eigenvalue weighted by molar-refractivity contribution is -0.117. The van der Waals surface area contributed by atoms with Gasteiger partial charge in [0, 0.05) is 18.7 Å². The molecule has 0 saturated heterocycles. The van der Waals surface area contributed by atoms with Crippen LogP contribution in [0.15, 0.2) is 24.3 Å². The predicted molar refractivity (Wildman–Crippen MR) is 109 cm³/mol. The first-order chi connectivity index (χ1) is 13.0. The molecule has 3 rings (SSSR count). The number of hydrogen-bond donors (Lipinski definition) is 2. The van der Waals surface area contributed by atoms with Crippen LogP contribution in [0.3, 0.4) is 0 Å². The normalized spacial score (nSPS) is 13.3. The van der Waals surface area contributed by atoms with E-state index in [4.69, 9.17) is 5.73 Å². The first kappa shape index (κ1) is 19.1. The smallest absolute Gasteiger partial charge is 0.233 e. The number of benzene rings is 1. The zero-order valence-corrected chi connectivity index (χ0v) is 16.3. The summed E-state index contributed by atoms with van der Waals surface area (Å²) in [7, 11) is 4.09. The largest absolute Gasteiger partial charge is 0.383 e. The number of nitrogens with one attached hydrogen (secondary N) is 1. The summed E-state index contributed by atoms with van der Waals surface area (Å²) in [6.07, 6.45) is 2.37. The van der Waals surface area contributed by atoms with Crippen molar-refractivity contribution in [1.29, 1.82) is 0 Å². The molecular formula is C20H28N6O. The van der Waals surface area contributed by atoms with E-state index >= 15 is 0 Å². The maximum atomic E-state index is 12.5. The Labute approximate surface area is 160 Å². The zero-order valence-electron chi connectivity index (χ0n) is 16.3. The second-order valence-electron chi connectivity index (χ2n) is 7.23. The second-order valence-corrected chi connectivity index (χ2v) is 7.23. The Balaban J connectivity index is 1.78. The molecule has 27 heavy (non-hydrogen) atoms. The molecule has 1 aliphatic rings. The summed E-state index contributed by atoms with van der Waals surface area (Å²) in [6, 6.07) is 8.33. The quantitative estimate of drug-likeness (QED) is 0.696. The minimum atomic E-state index is 0.00840. The predicted octanol–water partition coefficient (Wildman–Crippen LogP) is 2.42. The summed E-state index contributed by atoms with van der Waals surface area (Å²) in [5.41, 5.74) is 9.12. The molecule has 0 atom stereocenters. The van der Waals surface area contributed by atoms with Crippen LogP contribution in [0.2, 0.25) is 0 Å². The van der Waals surface area contributed by atoms with Crippen molar-refractivity contribution in [2.45, 2.75) is 39.3 Å². The van der Waals surface area contributed by atoms with E-state index in [0.29, 0.717) is 24.1 Å². The van der Waals surface area contributed by atoms with Gasteiger partial charge in [-0.05, 0) is 31.6 Å². The summed E-state index contributed by atoms with van der Waals surface area (Å²) in [4.78, 5) is 25.3. The third-order valence-electron chi connectivity index (χ3n) is 4.58. The molecule has 0 aliphatic carbocycles. The van der Waals surface area contributed by atoms with Crippen molar-refractivity contribution in [2.75, 3.05) is 36.6 Å². The fourth-order valence-corrected chi connectivity index (χ4v) is 3.16. The van der Waals surface area contributed by atoms with Gasteiger partial charge in [-0.2, -0.15) is 9.97 Å². The average Bonchev–Trinajstić information content (AvgIpc) is 2.93. The maximum absolute atomic E-state index is 12.5. The van der Waals surface area contributed by atoms with E-state index in [1.165, 1.54) is 5.56 Å². The average molecular weight is 368 g/mol. The van der Waals surface area contributed by atoms with E-state index < -0.39 is 0 Å². The standard InChI is InChI=1S/C20H28N6O/c1-4-5-10-22-20-23-18(21)16-11-17(27)26(19(16)24-20)13-15-8-6-14(7-9-15)12-25(2)3/h6-9H,4-5,10-13H2,1-3H3,(H3,21,22,23,24). The van der Waals surface area contributed by atoms with Gasteiger partial charge in [0.2, 0.25) is 11.9 Å². The minimum absolute atomic E-state index is 0.00840. The van der Waals surface area contributed by atoms with Crippen LogP contribution in [0.4, 0.5) is 17.6 Å². The van der Waals surface area contributed by atoms with Gasteiger partial charge < -0.3 is 16.0 Å². The molecule has 0 fully saturated rings. The molecule has 1 aliphatic heterocycles. The number of carbonyl (C=O) groups is 1. The highest BCUT2D eigenvalue weighted by Gasteiger charge is 2.31. The van der Waals surface area contributed by atoms with Gasteiger partial charge in [-0.1, -0.05) is 37.6 Å². The van der Waals surface area contributed by atoms with Crippen molar-refractivity contribution < 1.29 is 4.79 Å². The molecule has 0 unspecified atom stereocenters. The number of nitrogens with two attached hydrogens (primary N) is 1. The van der Waals surface area contributed by atoms with Crippen molar-refractivity contribution >= 4 is 23.5 Å². The van der Waals surface area contributed by atoms with Crippen LogP contribution in [-0.4, -0.2) is 41.4 Å². The Morgan fingerprint density at radius 3 is 2.56 bits per heavy atom.